The van der Waals surface area contributed by atoms with Gasteiger partial charge in [-0.15, -0.1) is 0 Å². The molecule has 0 saturated carbocycles. The number of hydrogen-bond acceptors (Lipinski definition) is 3. The van der Waals surface area contributed by atoms with Crippen molar-refractivity contribution < 1.29 is 14.3 Å². The van der Waals surface area contributed by atoms with Crippen LogP contribution >= 0.6 is 0 Å². The van der Waals surface area contributed by atoms with E-state index in [2.05, 4.69) is 10.4 Å². The Morgan fingerprint density at radius 3 is 2.50 bits per heavy atom. The summed E-state index contributed by atoms with van der Waals surface area (Å²) in [5.41, 5.74) is 1.19. The van der Waals surface area contributed by atoms with Gasteiger partial charge in [-0.1, -0.05) is 30.3 Å². The number of carbonyl (C=O) groups excluding carboxylic acids is 1. The van der Waals surface area contributed by atoms with Crippen LogP contribution in [0.1, 0.15) is 23.0 Å². The summed E-state index contributed by atoms with van der Waals surface area (Å²) in [7, 11) is 1.66. The van der Waals surface area contributed by atoms with Crippen molar-refractivity contribution in [2.75, 3.05) is 6.54 Å². The molecule has 0 saturated heterocycles. The van der Waals surface area contributed by atoms with E-state index in [-0.39, 0.29) is 18.3 Å². The molecule has 0 bridgehead atoms. The standard InChI is InChI=1S/C20H20FN3O2/c1-20(26,15-6-4-3-5-7-15)13-22-19(25)18-12-17(23-24(18)2)14-8-10-16(21)11-9-14/h3-12,26H,13H2,1-2H3,(H,22,25)/t20-/m1/s1. The monoisotopic (exact) mass is 353 g/mol. The molecule has 2 N–H and O–H groups in total. The highest BCUT2D eigenvalue weighted by Crippen LogP contribution is 2.21. The van der Waals surface area contributed by atoms with Crippen molar-refractivity contribution in [1.29, 1.82) is 0 Å². The minimum Gasteiger partial charge on any atom is -0.384 e. The van der Waals surface area contributed by atoms with E-state index in [1.807, 2.05) is 30.3 Å². The molecule has 0 radical (unpaired) electrons. The van der Waals surface area contributed by atoms with Crippen molar-refractivity contribution in [2.45, 2.75) is 12.5 Å². The predicted octanol–water partition coefficient (Wildman–Crippen LogP) is 2.86. The topological polar surface area (TPSA) is 67.2 Å². The minimum absolute atomic E-state index is 0.0624. The number of aromatic nitrogens is 2. The van der Waals surface area contributed by atoms with Crippen LogP contribution in [0, 0.1) is 5.82 Å². The lowest BCUT2D eigenvalue weighted by atomic mass is 9.96. The molecule has 1 aromatic heterocycles. The van der Waals surface area contributed by atoms with Gasteiger partial charge in [0, 0.05) is 12.6 Å². The molecule has 1 heterocycles. The first kappa shape index (κ1) is 17.8. The van der Waals surface area contributed by atoms with Crippen LogP contribution in [0.25, 0.3) is 11.3 Å². The molecule has 2 aromatic carbocycles. The van der Waals surface area contributed by atoms with Crippen LogP contribution in [0.15, 0.2) is 60.7 Å². The highest BCUT2D eigenvalue weighted by atomic mass is 19.1. The first-order valence-electron chi connectivity index (χ1n) is 8.23. The number of hydrogen-bond donors (Lipinski definition) is 2. The average molecular weight is 353 g/mol. The predicted molar refractivity (Wildman–Crippen MR) is 96.9 cm³/mol. The molecule has 26 heavy (non-hydrogen) atoms. The quantitative estimate of drug-likeness (QED) is 0.741. The van der Waals surface area contributed by atoms with Crippen LogP contribution in [-0.2, 0) is 12.6 Å². The zero-order valence-corrected chi connectivity index (χ0v) is 14.6. The van der Waals surface area contributed by atoms with Crippen LogP contribution in [0.3, 0.4) is 0 Å². The van der Waals surface area contributed by atoms with E-state index >= 15 is 0 Å². The molecule has 6 heteroatoms. The number of rotatable bonds is 5. The van der Waals surface area contributed by atoms with Gasteiger partial charge >= 0.3 is 0 Å². The molecule has 0 unspecified atom stereocenters. The Hall–Kier alpha value is -2.99. The normalized spacial score (nSPS) is 13.2. The lowest BCUT2D eigenvalue weighted by Gasteiger charge is -2.24. The highest BCUT2D eigenvalue weighted by molar-refractivity contribution is 5.93. The van der Waals surface area contributed by atoms with E-state index in [1.54, 1.807) is 32.2 Å². The second-order valence-electron chi connectivity index (χ2n) is 6.37. The van der Waals surface area contributed by atoms with Crippen LogP contribution in [0.2, 0.25) is 0 Å². The van der Waals surface area contributed by atoms with Gasteiger partial charge in [0.25, 0.3) is 5.91 Å². The number of amides is 1. The van der Waals surface area contributed by atoms with Crippen molar-refractivity contribution in [3.8, 4) is 11.3 Å². The Labute approximate surface area is 151 Å². The maximum absolute atomic E-state index is 13.1. The first-order valence-corrected chi connectivity index (χ1v) is 8.23. The van der Waals surface area contributed by atoms with Gasteiger partial charge in [-0.25, -0.2) is 4.39 Å². The molecule has 0 spiro atoms. The lowest BCUT2D eigenvalue weighted by molar-refractivity contribution is 0.0523. The lowest BCUT2D eigenvalue weighted by Crippen LogP contribution is -2.39. The fourth-order valence-corrected chi connectivity index (χ4v) is 2.68. The number of nitrogens with one attached hydrogen (secondary N) is 1. The summed E-state index contributed by atoms with van der Waals surface area (Å²) < 4.78 is 14.5. The highest BCUT2D eigenvalue weighted by Gasteiger charge is 2.24. The van der Waals surface area contributed by atoms with Crippen molar-refractivity contribution in [3.05, 3.63) is 77.7 Å². The van der Waals surface area contributed by atoms with Gasteiger partial charge in [0.05, 0.1) is 12.2 Å². The van der Waals surface area contributed by atoms with Gasteiger partial charge in [-0.2, -0.15) is 5.10 Å². The van der Waals surface area contributed by atoms with Gasteiger partial charge in [-0.05, 0) is 42.8 Å². The summed E-state index contributed by atoms with van der Waals surface area (Å²) in [5, 5.41) is 17.6. The van der Waals surface area contributed by atoms with Gasteiger partial charge < -0.3 is 10.4 Å². The Morgan fingerprint density at radius 2 is 1.85 bits per heavy atom. The van der Waals surface area contributed by atoms with E-state index in [1.165, 1.54) is 16.8 Å². The SMILES string of the molecule is Cn1nc(-c2ccc(F)cc2)cc1C(=O)NC[C@@](C)(O)c1ccccc1. The summed E-state index contributed by atoms with van der Waals surface area (Å²) in [6.45, 7) is 1.71. The molecular formula is C20H20FN3O2. The number of halogens is 1. The molecule has 5 nitrogen and oxygen atoms in total. The third-order valence-corrected chi connectivity index (χ3v) is 4.24. The molecule has 0 aliphatic carbocycles. The molecule has 3 rings (SSSR count). The third kappa shape index (κ3) is 3.81. The van der Waals surface area contributed by atoms with E-state index in [9.17, 15) is 14.3 Å². The smallest absolute Gasteiger partial charge is 0.269 e. The summed E-state index contributed by atoms with van der Waals surface area (Å²) in [6, 6.07) is 16.7. The molecule has 0 aliphatic rings. The first-order chi connectivity index (χ1) is 12.4. The summed E-state index contributed by atoms with van der Waals surface area (Å²) >= 11 is 0. The molecule has 1 atom stereocenters. The zero-order chi connectivity index (χ0) is 18.7. The van der Waals surface area contributed by atoms with Gasteiger partial charge in [0.15, 0.2) is 0 Å². The van der Waals surface area contributed by atoms with E-state index in [0.29, 0.717) is 11.4 Å². The van der Waals surface area contributed by atoms with Crippen LogP contribution in [0.5, 0.6) is 0 Å². The van der Waals surface area contributed by atoms with Crippen molar-refractivity contribution in [2.24, 2.45) is 7.05 Å². The summed E-state index contributed by atoms with van der Waals surface area (Å²) in [6.07, 6.45) is 0. The van der Waals surface area contributed by atoms with Gasteiger partial charge in [0.2, 0.25) is 0 Å². The van der Waals surface area contributed by atoms with Crippen LogP contribution in [0.4, 0.5) is 4.39 Å². The summed E-state index contributed by atoms with van der Waals surface area (Å²) in [5.74, 6) is -0.671. The Balaban J connectivity index is 1.73. The number of aliphatic hydroxyl groups is 1. The van der Waals surface area contributed by atoms with Crippen LogP contribution in [-0.4, -0.2) is 27.3 Å². The molecule has 0 aliphatic heterocycles. The average Bonchev–Trinajstić information content (AvgIpc) is 3.03. The van der Waals surface area contributed by atoms with E-state index < -0.39 is 5.60 Å². The fraction of sp³-hybridized carbons (Fsp3) is 0.200. The van der Waals surface area contributed by atoms with E-state index in [4.69, 9.17) is 0 Å². The zero-order valence-electron chi connectivity index (χ0n) is 14.6. The molecule has 134 valence electrons. The Bertz CT molecular complexity index is 903. The van der Waals surface area contributed by atoms with Gasteiger partial charge in [-0.3, -0.25) is 9.48 Å². The maximum atomic E-state index is 13.1. The second kappa shape index (κ2) is 7.09. The molecule has 0 fully saturated rings. The number of carbonyl (C=O) groups is 1. The molecule has 3 aromatic rings. The number of aryl methyl sites for hydroxylation is 1. The summed E-state index contributed by atoms with van der Waals surface area (Å²) in [4.78, 5) is 12.5. The minimum atomic E-state index is -1.19. The largest absolute Gasteiger partial charge is 0.384 e. The number of benzene rings is 2. The number of nitrogens with zero attached hydrogens (tertiary/aromatic N) is 2. The second-order valence-corrected chi connectivity index (χ2v) is 6.37. The fourth-order valence-electron chi connectivity index (χ4n) is 2.68. The van der Waals surface area contributed by atoms with Crippen molar-refractivity contribution in [1.82, 2.24) is 15.1 Å². The Kier molecular flexibility index (Phi) is 4.86. The molecule has 1 amide bonds. The maximum Gasteiger partial charge on any atom is 0.269 e. The van der Waals surface area contributed by atoms with Gasteiger partial charge in [0.1, 0.15) is 17.1 Å². The third-order valence-electron chi connectivity index (χ3n) is 4.24. The van der Waals surface area contributed by atoms with E-state index in [0.717, 1.165) is 11.1 Å². The molecular weight excluding hydrogens is 333 g/mol. The Morgan fingerprint density at radius 1 is 1.19 bits per heavy atom. The van der Waals surface area contributed by atoms with Crippen molar-refractivity contribution in [3.63, 3.8) is 0 Å². The van der Waals surface area contributed by atoms with Crippen LogP contribution < -0.4 is 5.32 Å². The van der Waals surface area contributed by atoms with Crippen molar-refractivity contribution >= 4 is 5.91 Å².